The smallest absolute Gasteiger partial charge is 0.307 e. The minimum absolute atomic E-state index is 0.213. The van der Waals surface area contributed by atoms with Gasteiger partial charge in [0.05, 0.1) is 5.92 Å². The van der Waals surface area contributed by atoms with Gasteiger partial charge in [0, 0.05) is 30.2 Å². The van der Waals surface area contributed by atoms with Gasteiger partial charge in [-0.1, -0.05) is 25.1 Å². The number of aryl methyl sites for hydroxylation is 1. The van der Waals surface area contributed by atoms with Crippen LogP contribution < -0.4 is 0 Å². The van der Waals surface area contributed by atoms with Crippen molar-refractivity contribution in [2.45, 2.75) is 32.7 Å². The largest absolute Gasteiger partial charge is 0.481 e. The number of fused-ring (bicyclic) bond motifs is 1. The summed E-state index contributed by atoms with van der Waals surface area (Å²) in [7, 11) is 0. The molecule has 1 aromatic carbocycles. The Morgan fingerprint density at radius 1 is 1.43 bits per heavy atom. The minimum atomic E-state index is -0.660. The van der Waals surface area contributed by atoms with Gasteiger partial charge in [0.15, 0.2) is 0 Å². The molecule has 1 unspecified atom stereocenters. The number of piperidine rings is 1. The molecule has 0 saturated carbocycles. The Bertz CT molecular complexity index is 647. The number of hydrogen-bond acceptors (Lipinski definition) is 2. The van der Waals surface area contributed by atoms with Gasteiger partial charge in [-0.05, 0) is 36.9 Å². The average Bonchev–Trinajstić information content (AvgIpc) is 2.90. The summed E-state index contributed by atoms with van der Waals surface area (Å²) in [6.45, 7) is 4.65. The van der Waals surface area contributed by atoms with E-state index >= 15 is 0 Å². The molecule has 21 heavy (non-hydrogen) atoms. The molecule has 1 aliphatic rings. The topological polar surface area (TPSA) is 56.3 Å². The van der Waals surface area contributed by atoms with Crippen LogP contribution in [0, 0.1) is 5.92 Å². The van der Waals surface area contributed by atoms with Crippen LogP contribution in [-0.2, 0) is 17.8 Å². The van der Waals surface area contributed by atoms with Crippen LogP contribution in [-0.4, -0.2) is 34.0 Å². The molecule has 1 fully saturated rings. The highest BCUT2D eigenvalue weighted by Gasteiger charge is 2.25. The van der Waals surface area contributed by atoms with E-state index in [4.69, 9.17) is 0 Å². The molecule has 0 amide bonds. The molecule has 2 N–H and O–H groups in total. The highest BCUT2D eigenvalue weighted by atomic mass is 16.4. The normalized spacial score (nSPS) is 20.0. The van der Waals surface area contributed by atoms with Crippen LogP contribution in [0.15, 0.2) is 24.4 Å². The second-order valence-electron chi connectivity index (χ2n) is 5.92. The molecule has 0 spiro atoms. The van der Waals surface area contributed by atoms with Gasteiger partial charge in [0.2, 0.25) is 0 Å². The third kappa shape index (κ3) is 2.81. The number of carbonyl (C=O) groups is 1. The predicted molar refractivity (Wildman–Crippen MR) is 83.3 cm³/mol. The van der Waals surface area contributed by atoms with Gasteiger partial charge in [-0.3, -0.25) is 9.69 Å². The summed E-state index contributed by atoms with van der Waals surface area (Å²) in [5.74, 6) is -0.873. The number of benzene rings is 1. The van der Waals surface area contributed by atoms with E-state index in [2.05, 4.69) is 41.2 Å². The van der Waals surface area contributed by atoms with Crippen molar-refractivity contribution in [3.05, 3.63) is 35.5 Å². The van der Waals surface area contributed by atoms with E-state index in [0.29, 0.717) is 6.54 Å². The summed E-state index contributed by atoms with van der Waals surface area (Å²) < 4.78 is 0. The van der Waals surface area contributed by atoms with Gasteiger partial charge in [0.25, 0.3) is 0 Å². The zero-order valence-electron chi connectivity index (χ0n) is 12.4. The number of carboxylic acids is 1. The molecule has 1 aromatic heterocycles. The highest BCUT2D eigenvalue weighted by molar-refractivity contribution is 5.86. The average molecular weight is 286 g/mol. The Balaban J connectivity index is 1.80. The number of nitrogens with one attached hydrogen (secondary N) is 1. The van der Waals surface area contributed by atoms with Gasteiger partial charge in [-0.25, -0.2) is 0 Å². The van der Waals surface area contributed by atoms with Crippen LogP contribution >= 0.6 is 0 Å². The molecule has 0 bridgehead atoms. The maximum atomic E-state index is 11.2. The van der Waals surface area contributed by atoms with E-state index < -0.39 is 5.97 Å². The van der Waals surface area contributed by atoms with Crippen molar-refractivity contribution in [1.29, 1.82) is 0 Å². The van der Waals surface area contributed by atoms with E-state index in [1.165, 1.54) is 22.0 Å². The van der Waals surface area contributed by atoms with E-state index in [1.807, 2.05) is 0 Å². The van der Waals surface area contributed by atoms with Gasteiger partial charge >= 0.3 is 5.97 Å². The molecular weight excluding hydrogens is 264 g/mol. The maximum Gasteiger partial charge on any atom is 0.307 e. The van der Waals surface area contributed by atoms with Crippen molar-refractivity contribution in [2.24, 2.45) is 5.92 Å². The lowest BCUT2D eigenvalue weighted by Crippen LogP contribution is -2.38. The van der Waals surface area contributed by atoms with Crippen LogP contribution in [0.2, 0.25) is 0 Å². The number of rotatable bonds is 4. The molecule has 4 heteroatoms. The first kappa shape index (κ1) is 14.1. The lowest BCUT2D eigenvalue weighted by Gasteiger charge is -2.30. The van der Waals surface area contributed by atoms with Crippen LogP contribution in [0.4, 0.5) is 0 Å². The summed E-state index contributed by atoms with van der Waals surface area (Å²) in [4.78, 5) is 16.8. The third-order valence-electron chi connectivity index (χ3n) is 4.52. The molecule has 0 aliphatic carbocycles. The molecule has 0 radical (unpaired) electrons. The zero-order valence-corrected chi connectivity index (χ0v) is 12.4. The van der Waals surface area contributed by atoms with Crippen molar-refractivity contribution < 1.29 is 9.90 Å². The molecule has 1 atom stereocenters. The lowest BCUT2D eigenvalue weighted by molar-refractivity contribution is -0.143. The monoisotopic (exact) mass is 286 g/mol. The first-order chi connectivity index (χ1) is 10.2. The summed E-state index contributed by atoms with van der Waals surface area (Å²) in [6, 6.07) is 6.41. The summed E-state index contributed by atoms with van der Waals surface area (Å²) >= 11 is 0. The summed E-state index contributed by atoms with van der Waals surface area (Å²) in [5.41, 5.74) is 3.83. The number of aromatic nitrogens is 1. The first-order valence-electron chi connectivity index (χ1n) is 7.72. The molecule has 3 rings (SSSR count). The van der Waals surface area contributed by atoms with Crippen molar-refractivity contribution in [2.75, 3.05) is 13.1 Å². The fourth-order valence-corrected chi connectivity index (χ4v) is 3.34. The van der Waals surface area contributed by atoms with E-state index in [9.17, 15) is 9.90 Å². The fraction of sp³-hybridized carbons (Fsp3) is 0.471. The minimum Gasteiger partial charge on any atom is -0.481 e. The number of carboxylic acid groups (broad SMARTS) is 1. The molecule has 4 nitrogen and oxygen atoms in total. The third-order valence-corrected chi connectivity index (χ3v) is 4.52. The van der Waals surface area contributed by atoms with Crippen molar-refractivity contribution in [3.63, 3.8) is 0 Å². The molecule has 2 aromatic rings. The highest BCUT2D eigenvalue weighted by Crippen LogP contribution is 2.25. The number of H-pyrrole nitrogens is 1. The second-order valence-corrected chi connectivity index (χ2v) is 5.92. The zero-order chi connectivity index (χ0) is 14.8. The number of para-hydroxylation sites is 1. The second kappa shape index (κ2) is 5.90. The Morgan fingerprint density at radius 3 is 3.05 bits per heavy atom. The summed E-state index contributed by atoms with van der Waals surface area (Å²) in [5, 5.41) is 10.5. The molecule has 2 heterocycles. The lowest BCUT2D eigenvalue weighted by atomic mass is 9.97. The van der Waals surface area contributed by atoms with Gasteiger partial charge in [-0.2, -0.15) is 0 Å². The number of likely N-dealkylation sites (tertiary alicyclic amines) is 1. The van der Waals surface area contributed by atoms with Crippen LogP contribution in [0.25, 0.3) is 10.9 Å². The Kier molecular flexibility index (Phi) is 3.97. The Labute approximate surface area is 124 Å². The molecular formula is C17H22N2O2. The Morgan fingerprint density at radius 2 is 2.29 bits per heavy atom. The van der Waals surface area contributed by atoms with Crippen LogP contribution in [0.1, 0.15) is 30.9 Å². The summed E-state index contributed by atoms with van der Waals surface area (Å²) in [6.07, 6.45) is 4.87. The van der Waals surface area contributed by atoms with Crippen molar-refractivity contribution in [3.8, 4) is 0 Å². The molecule has 112 valence electrons. The van der Waals surface area contributed by atoms with Gasteiger partial charge in [0.1, 0.15) is 0 Å². The predicted octanol–water partition coefficient (Wildman–Crippen LogP) is 3.03. The Hall–Kier alpha value is -1.81. The van der Waals surface area contributed by atoms with Gasteiger partial charge in [-0.15, -0.1) is 0 Å². The maximum absolute atomic E-state index is 11.2. The molecule has 1 saturated heterocycles. The fourth-order valence-electron chi connectivity index (χ4n) is 3.34. The van der Waals surface area contributed by atoms with Crippen LogP contribution in [0.5, 0.6) is 0 Å². The van der Waals surface area contributed by atoms with E-state index in [-0.39, 0.29) is 5.92 Å². The SMILES string of the molecule is CCc1cccc2c(CN3CCCC(C(=O)O)C3)c[nH]c12. The van der Waals surface area contributed by atoms with Crippen molar-refractivity contribution in [1.82, 2.24) is 9.88 Å². The molecule has 1 aliphatic heterocycles. The number of aromatic amines is 1. The van der Waals surface area contributed by atoms with E-state index in [1.54, 1.807) is 0 Å². The first-order valence-corrected chi connectivity index (χ1v) is 7.72. The quantitative estimate of drug-likeness (QED) is 0.908. The van der Waals surface area contributed by atoms with E-state index in [0.717, 1.165) is 32.4 Å². The van der Waals surface area contributed by atoms with Crippen molar-refractivity contribution >= 4 is 16.9 Å². The van der Waals surface area contributed by atoms with Crippen LogP contribution in [0.3, 0.4) is 0 Å². The number of nitrogens with zero attached hydrogens (tertiary/aromatic N) is 1. The number of hydrogen-bond donors (Lipinski definition) is 2. The van der Waals surface area contributed by atoms with Gasteiger partial charge < -0.3 is 10.1 Å². The standard InChI is InChI=1S/C17H22N2O2/c1-2-12-5-3-7-15-14(9-18-16(12)15)11-19-8-4-6-13(10-19)17(20)21/h3,5,7,9,13,18H,2,4,6,8,10-11H2,1H3,(H,20,21). The number of aliphatic carboxylic acids is 1.